The number of amides is 1. The lowest BCUT2D eigenvalue weighted by Crippen LogP contribution is -3.15. The Morgan fingerprint density at radius 2 is 1.96 bits per heavy atom. The van der Waals surface area contributed by atoms with Crippen molar-refractivity contribution in [2.24, 2.45) is 0 Å². The molecule has 0 atom stereocenters. The van der Waals surface area contributed by atoms with Crippen molar-refractivity contribution in [1.82, 2.24) is 0 Å². The van der Waals surface area contributed by atoms with Crippen molar-refractivity contribution in [2.75, 3.05) is 50.1 Å². The highest BCUT2D eigenvalue weighted by molar-refractivity contribution is 6.33. The van der Waals surface area contributed by atoms with Gasteiger partial charge in [-0.15, -0.1) is 0 Å². The zero-order valence-corrected chi connectivity index (χ0v) is 15.1. The monoisotopic (exact) mass is 360 g/mol. The molecule has 0 spiro atoms. The van der Waals surface area contributed by atoms with E-state index < -0.39 is 0 Å². The molecule has 0 aromatic heterocycles. The molecule has 1 fully saturated rings. The fourth-order valence-corrected chi connectivity index (χ4v) is 3.23. The van der Waals surface area contributed by atoms with Crippen molar-refractivity contribution < 1.29 is 14.4 Å². The van der Waals surface area contributed by atoms with Crippen LogP contribution >= 0.6 is 11.6 Å². The number of quaternary nitrogens is 1. The van der Waals surface area contributed by atoms with Crippen LogP contribution in [0.2, 0.25) is 5.02 Å². The Morgan fingerprint density at radius 1 is 1.20 bits per heavy atom. The van der Waals surface area contributed by atoms with Gasteiger partial charge in [0.05, 0.1) is 44.0 Å². The van der Waals surface area contributed by atoms with E-state index in [1.807, 2.05) is 30.3 Å². The summed E-state index contributed by atoms with van der Waals surface area (Å²) >= 11 is 6.08. The van der Waals surface area contributed by atoms with E-state index in [0.29, 0.717) is 17.3 Å². The smallest absolute Gasteiger partial charge is 0.279 e. The molecule has 0 saturated carbocycles. The number of hydrogen-bond acceptors (Lipinski definition) is 3. The maximum atomic E-state index is 12.2. The molecule has 3 rings (SSSR count). The number of nitrogens with one attached hydrogen (secondary N) is 2. The summed E-state index contributed by atoms with van der Waals surface area (Å²) in [7, 11) is 1.68. The van der Waals surface area contributed by atoms with Crippen molar-refractivity contribution in [3.05, 3.63) is 53.6 Å². The summed E-state index contributed by atoms with van der Waals surface area (Å²) in [6.07, 6.45) is 0. The van der Waals surface area contributed by atoms with Gasteiger partial charge in [-0.05, 0) is 24.3 Å². The second kappa shape index (κ2) is 8.23. The van der Waals surface area contributed by atoms with Crippen LogP contribution in [0.4, 0.5) is 11.4 Å². The van der Waals surface area contributed by atoms with E-state index in [0.717, 1.165) is 31.9 Å². The predicted octanol–water partition coefficient (Wildman–Crippen LogP) is 1.69. The fraction of sp³-hybridized carbons (Fsp3) is 0.316. The zero-order valence-electron chi connectivity index (χ0n) is 14.3. The van der Waals surface area contributed by atoms with Crippen LogP contribution in [0.5, 0.6) is 5.75 Å². The average molecular weight is 361 g/mol. The molecule has 0 unspecified atom stereocenters. The van der Waals surface area contributed by atoms with Crippen molar-refractivity contribution >= 4 is 28.9 Å². The first-order chi connectivity index (χ1) is 12.2. The Morgan fingerprint density at radius 3 is 2.68 bits per heavy atom. The van der Waals surface area contributed by atoms with Crippen molar-refractivity contribution in [2.45, 2.75) is 0 Å². The SMILES string of the molecule is COc1cccc(N2CC[NH+](CC(=O)Nc3ccccc3Cl)CC2)c1. The molecule has 6 heteroatoms. The number of benzene rings is 2. The highest BCUT2D eigenvalue weighted by atomic mass is 35.5. The van der Waals surface area contributed by atoms with E-state index in [2.05, 4.69) is 22.3 Å². The van der Waals surface area contributed by atoms with Gasteiger partial charge in [0.1, 0.15) is 5.75 Å². The minimum atomic E-state index is -0.00192. The number of anilines is 2. The van der Waals surface area contributed by atoms with Crippen molar-refractivity contribution in [3.63, 3.8) is 0 Å². The molecule has 0 bridgehead atoms. The average Bonchev–Trinajstić information content (AvgIpc) is 2.64. The number of methoxy groups -OCH3 is 1. The molecule has 2 aromatic rings. The van der Waals surface area contributed by atoms with E-state index in [-0.39, 0.29) is 5.91 Å². The zero-order chi connectivity index (χ0) is 17.6. The number of ether oxygens (including phenoxy) is 1. The first kappa shape index (κ1) is 17.6. The van der Waals surface area contributed by atoms with Gasteiger partial charge in [0, 0.05) is 11.8 Å². The molecule has 1 aliphatic heterocycles. The summed E-state index contributed by atoms with van der Waals surface area (Å²) in [5.41, 5.74) is 1.84. The van der Waals surface area contributed by atoms with Gasteiger partial charge in [-0.3, -0.25) is 4.79 Å². The van der Waals surface area contributed by atoms with Crippen LogP contribution in [0.25, 0.3) is 0 Å². The third-order valence-corrected chi connectivity index (χ3v) is 4.78. The summed E-state index contributed by atoms with van der Waals surface area (Å²) in [5, 5.41) is 3.46. The lowest BCUT2D eigenvalue weighted by molar-refractivity contribution is -0.892. The minimum Gasteiger partial charge on any atom is -0.497 e. The van der Waals surface area contributed by atoms with Crippen LogP contribution in [0.15, 0.2) is 48.5 Å². The molecule has 0 aliphatic carbocycles. The number of halogens is 1. The van der Waals surface area contributed by atoms with Gasteiger partial charge < -0.3 is 19.9 Å². The Balaban J connectivity index is 1.50. The second-order valence-corrected chi connectivity index (χ2v) is 6.55. The lowest BCUT2D eigenvalue weighted by atomic mass is 10.2. The van der Waals surface area contributed by atoms with Crippen molar-refractivity contribution in [3.8, 4) is 5.75 Å². The summed E-state index contributed by atoms with van der Waals surface area (Å²) < 4.78 is 5.29. The summed E-state index contributed by atoms with van der Waals surface area (Å²) in [6, 6.07) is 15.4. The second-order valence-electron chi connectivity index (χ2n) is 6.14. The molecule has 2 N–H and O–H groups in total. The van der Waals surface area contributed by atoms with Gasteiger partial charge in [0.15, 0.2) is 6.54 Å². The van der Waals surface area contributed by atoms with Gasteiger partial charge in [-0.1, -0.05) is 29.8 Å². The molecule has 25 heavy (non-hydrogen) atoms. The predicted molar refractivity (Wildman–Crippen MR) is 101 cm³/mol. The third-order valence-electron chi connectivity index (χ3n) is 4.45. The highest BCUT2D eigenvalue weighted by Crippen LogP contribution is 2.21. The minimum absolute atomic E-state index is 0.00192. The third kappa shape index (κ3) is 4.65. The van der Waals surface area contributed by atoms with Crippen LogP contribution < -0.4 is 19.9 Å². The summed E-state index contributed by atoms with van der Waals surface area (Å²) in [5.74, 6) is 0.865. The van der Waals surface area contributed by atoms with E-state index in [1.54, 1.807) is 13.2 Å². The van der Waals surface area contributed by atoms with Crippen LogP contribution in [0.3, 0.4) is 0 Å². The van der Waals surface area contributed by atoms with Gasteiger partial charge in [-0.2, -0.15) is 0 Å². The number of nitrogens with zero attached hydrogens (tertiary/aromatic N) is 1. The number of rotatable bonds is 5. The Labute approximate surface area is 153 Å². The number of carbonyl (C=O) groups excluding carboxylic acids is 1. The molecular formula is C19H23ClN3O2+. The van der Waals surface area contributed by atoms with Crippen LogP contribution in [0, 0.1) is 0 Å². The Bertz CT molecular complexity index is 730. The molecule has 0 radical (unpaired) electrons. The topological polar surface area (TPSA) is 46.0 Å². The first-order valence-corrected chi connectivity index (χ1v) is 8.80. The maximum absolute atomic E-state index is 12.2. The van der Waals surface area contributed by atoms with E-state index >= 15 is 0 Å². The normalized spacial score (nSPS) is 15.0. The number of carbonyl (C=O) groups is 1. The number of piperazine rings is 1. The Kier molecular flexibility index (Phi) is 5.79. The van der Waals surface area contributed by atoms with Gasteiger partial charge in [-0.25, -0.2) is 0 Å². The van der Waals surface area contributed by atoms with Crippen molar-refractivity contribution in [1.29, 1.82) is 0 Å². The molecule has 5 nitrogen and oxygen atoms in total. The van der Waals surface area contributed by atoms with E-state index in [4.69, 9.17) is 16.3 Å². The largest absolute Gasteiger partial charge is 0.497 e. The van der Waals surface area contributed by atoms with Crippen LogP contribution in [-0.4, -0.2) is 45.7 Å². The van der Waals surface area contributed by atoms with Crippen LogP contribution in [-0.2, 0) is 4.79 Å². The molecule has 2 aromatic carbocycles. The van der Waals surface area contributed by atoms with E-state index in [1.165, 1.54) is 10.6 Å². The standard InChI is InChI=1S/C19H22ClN3O2/c1-25-16-6-4-5-15(13-16)23-11-9-22(10-12-23)14-19(24)21-18-8-3-2-7-17(18)20/h2-8,13H,9-12,14H2,1H3,(H,21,24)/p+1. The number of hydrogen-bond donors (Lipinski definition) is 2. The summed E-state index contributed by atoms with van der Waals surface area (Å²) in [4.78, 5) is 15.9. The molecule has 1 heterocycles. The lowest BCUT2D eigenvalue weighted by Gasteiger charge is -2.33. The van der Waals surface area contributed by atoms with Gasteiger partial charge >= 0.3 is 0 Å². The van der Waals surface area contributed by atoms with Gasteiger partial charge in [0.25, 0.3) is 5.91 Å². The molecule has 1 aliphatic rings. The quantitative estimate of drug-likeness (QED) is 0.853. The maximum Gasteiger partial charge on any atom is 0.279 e. The number of para-hydroxylation sites is 1. The Hall–Kier alpha value is -2.24. The molecule has 1 saturated heterocycles. The molecule has 132 valence electrons. The molecular weight excluding hydrogens is 338 g/mol. The first-order valence-electron chi connectivity index (χ1n) is 8.42. The van der Waals surface area contributed by atoms with Gasteiger partial charge in [0.2, 0.25) is 0 Å². The van der Waals surface area contributed by atoms with Crippen LogP contribution in [0.1, 0.15) is 0 Å². The van der Waals surface area contributed by atoms with E-state index in [9.17, 15) is 4.79 Å². The highest BCUT2D eigenvalue weighted by Gasteiger charge is 2.22. The summed E-state index contributed by atoms with van der Waals surface area (Å²) in [6.45, 7) is 4.14. The molecule has 1 amide bonds. The fourth-order valence-electron chi connectivity index (χ4n) is 3.05.